The first-order chi connectivity index (χ1) is 23.1. The number of epoxide rings is 1. The minimum atomic E-state index is -1.08. The Morgan fingerprint density at radius 2 is 1.54 bits per heavy atom. The summed E-state index contributed by atoms with van der Waals surface area (Å²) in [5.74, 6) is -1.24. The van der Waals surface area contributed by atoms with E-state index in [0.717, 1.165) is 18.7 Å². The number of Topliss-reactive ketones (excluding diaryl/α,β-unsaturated/α-hetero) is 1. The molecule has 0 bridgehead atoms. The van der Waals surface area contributed by atoms with Gasteiger partial charge in [0.05, 0.1) is 32.4 Å². The molecule has 3 amide bonds. The number of hydrogen-bond acceptors (Lipinski definition) is 10. The lowest BCUT2D eigenvalue weighted by Gasteiger charge is -2.26. The van der Waals surface area contributed by atoms with Gasteiger partial charge in [-0.2, -0.15) is 0 Å². The molecule has 3 N–H and O–H groups in total. The third kappa shape index (κ3) is 9.78. The molecule has 4 unspecified atom stereocenters. The summed E-state index contributed by atoms with van der Waals surface area (Å²) in [5.41, 5.74) is 0.625. The summed E-state index contributed by atoms with van der Waals surface area (Å²) < 4.78 is 16.2. The zero-order valence-corrected chi connectivity index (χ0v) is 27.6. The summed E-state index contributed by atoms with van der Waals surface area (Å²) in [5, 5.41) is 12.5. The fourth-order valence-corrected chi connectivity index (χ4v) is 5.60. The van der Waals surface area contributed by atoms with Gasteiger partial charge in [-0.3, -0.25) is 29.1 Å². The molecule has 2 aliphatic rings. The minimum absolute atomic E-state index is 0.0339. The van der Waals surface area contributed by atoms with Gasteiger partial charge in [-0.25, -0.2) is 0 Å². The Kier molecular flexibility index (Phi) is 11.7. The van der Waals surface area contributed by atoms with Crippen molar-refractivity contribution in [2.75, 3.05) is 32.9 Å². The lowest BCUT2D eigenvalue weighted by atomic mass is 9.93. The number of nitrogens with one attached hydrogen (secondary N) is 3. The normalized spacial score (nSPS) is 19.6. The quantitative estimate of drug-likeness (QED) is 0.193. The highest BCUT2D eigenvalue weighted by Crippen LogP contribution is 2.29. The summed E-state index contributed by atoms with van der Waals surface area (Å²) in [6.07, 6.45) is 3.91. The van der Waals surface area contributed by atoms with Crippen LogP contribution in [-0.4, -0.2) is 95.2 Å². The molecule has 48 heavy (non-hydrogen) atoms. The first-order valence-electron chi connectivity index (χ1n) is 16.4. The van der Waals surface area contributed by atoms with Crippen molar-refractivity contribution < 1.29 is 33.2 Å². The summed E-state index contributed by atoms with van der Waals surface area (Å²) >= 11 is 0. The van der Waals surface area contributed by atoms with Gasteiger partial charge in [-0.15, -0.1) is 0 Å². The van der Waals surface area contributed by atoms with E-state index in [0.29, 0.717) is 44.1 Å². The molecule has 4 heterocycles. The van der Waals surface area contributed by atoms with Crippen LogP contribution in [0.5, 0.6) is 0 Å². The van der Waals surface area contributed by atoms with Gasteiger partial charge in [0.1, 0.15) is 17.7 Å². The van der Waals surface area contributed by atoms with Crippen LogP contribution >= 0.6 is 0 Å². The van der Waals surface area contributed by atoms with E-state index in [2.05, 4.69) is 31.0 Å². The highest BCUT2D eigenvalue weighted by Gasteiger charge is 2.50. The van der Waals surface area contributed by atoms with Gasteiger partial charge in [-0.05, 0) is 36.5 Å². The van der Waals surface area contributed by atoms with Crippen molar-refractivity contribution in [1.82, 2.24) is 31.0 Å². The molecule has 2 fully saturated rings. The Labute approximate surface area is 280 Å². The lowest BCUT2D eigenvalue weighted by molar-refractivity contribution is -0.133. The van der Waals surface area contributed by atoms with Crippen molar-refractivity contribution >= 4 is 23.5 Å². The second-order valence-electron chi connectivity index (χ2n) is 13.0. The SMILES string of the molecule is CC(C)CC(NC(=O)C(Cc1ccccc1)NC(=O)C(Cc1cccnc1)NC(=O)c1cc(CN2CCOCC2)on1)C(=O)C1(C)CO1. The molecule has 0 aliphatic carbocycles. The first kappa shape index (κ1) is 34.9. The number of amides is 3. The highest BCUT2D eigenvalue weighted by atomic mass is 16.6. The molecule has 256 valence electrons. The van der Waals surface area contributed by atoms with Gasteiger partial charge in [0.15, 0.2) is 17.2 Å². The number of ketones is 1. The van der Waals surface area contributed by atoms with Gasteiger partial charge in [0.25, 0.3) is 5.91 Å². The monoisotopic (exact) mass is 660 g/mol. The summed E-state index contributed by atoms with van der Waals surface area (Å²) in [4.78, 5) is 60.8. The van der Waals surface area contributed by atoms with Crippen LogP contribution in [0.4, 0.5) is 0 Å². The average Bonchev–Trinajstić information content (AvgIpc) is 3.66. The van der Waals surface area contributed by atoms with E-state index >= 15 is 0 Å². The average molecular weight is 661 g/mol. The Balaban J connectivity index is 1.33. The number of carbonyl (C=O) groups is 4. The van der Waals surface area contributed by atoms with E-state index < -0.39 is 41.4 Å². The molecule has 2 aliphatic heterocycles. The molecule has 2 aromatic heterocycles. The van der Waals surface area contributed by atoms with E-state index in [1.807, 2.05) is 44.2 Å². The van der Waals surface area contributed by atoms with Crippen molar-refractivity contribution in [1.29, 1.82) is 0 Å². The van der Waals surface area contributed by atoms with Crippen molar-refractivity contribution in [3.63, 3.8) is 0 Å². The molecule has 13 heteroatoms. The van der Waals surface area contributed by atoms with Crippen LogP contribution in [0.2, 0.25) is 0 Å². The molecular formula is C35H44N6O7. The molecule has 3 aromatic rings. The van der Waals surface area contributed by atoms with E-state index in [1.54, 1.807) is 37.5 Å². The maximum Gasteiger partial charge on any atom is 0.274 e. The molecule has 13 nitrogen and oxygen atoms in total. The van der Waals surface area contributed by atoms with E-state index in [1.165, 1.54) is 0 Å². The second kappa shape index (κ2) is 16.1. The molecule has 0 radical (unpaired) electrons. The molecule has 0 saturated carbocycles. The van der Waals surface area contributed by atoms with Gasteiger partial charge in [0.2, 0.25) is 11.8 Å². The number of carbonyl (C=O) groups excluding carboxylic acids is 4. The minimum Gasteiger partial charge on any atom is -0.379 e. The molecular weight excluding hydrogens is 616 g/mol. The van der Waals surface area contributed by atoms with Gasteiger partial charge in [-0.1, -0.05) is 55.4 Å². The standard InChI is InChI=1S/C35H44N6O7/c1-23(2)16-27(31(42)35(3)22-47-35)37-32(43)28(17-24-8-5-4-6-9-24)38-33(44)29(18-25-10-7-11-36-20-25)39-34(45)30-19-26(48-40-30)21-41-12-14-46-15-13-41/h4-11,19-20,23,27-29H,12-18,21-22H2,1-3H3,(H,37,43)(H,38,44)(H,39,45). The van der Waals surface area contributed by atoms with Crippen molar-refractivity contribution in [2.45, 2.75) is 70.3 Å². The predicted octanol–water partition coefficient (Wildman–Crippen LogP) is 1.86. The summed E-state index contributed by atoms with van der Waals surface area (Å²) in [6.45, 7) is 9.16. The maximum absolute atomic E-state index is 14.0. The number of aromatic nitrogens is 2. The zero-order chi connectivity index (χ0) is 34.1. The van der Waals surface area contributed by atoms with Crippen LogP contribution in [0.25, 0.3) is 0 Å². The fourth-order valence-electron chi connectivity index (χ4n) is 5.60. The number of nitrogens with zero attached hydrogens (tertiary/aromatic N) is 3. The molecule has 2 saturated heterocycles. The van der Waals surface area contributed by atoms with Crippen LogP contribution in [0.1, 0.15) is 54.6 Å². The van der Waals surface area contributed by atoms with Gasteiger partial charge >= 0.3 is 0 Å². The Morgan fingerprint density at radius 3 is 2.19 bits per heavy atom. The molecule has 1 aromatic carbocycles. The van der Waals surface area contributed by atoms with Crippen LogP contribution in [-0.2, 0) is 43.2 Å². The summed E-state index contributed by atoms with van der Waals surface area (Å²) in [6, 6.07) is 11.5. The Hall–Kier alpha value is -4.46. The number of rotatable bonds is 16. The zero-order valence-electron chi connectivity index (χ0n) is 27.6. The van der Waals surface area contributed by atoms with E-state index in [4.69, 9.17) is 14.0 Å². The van der Waals surface area contributed by atoms with Crippen LogP contribution in [0.3, 0.4) is 0 Å². The smallest absolute Gasteiger partial charge is 0.274 e. The van der Waals surface area contributed by atoms with E-state index in [-0.39, 0.29) is 30.2 Å². The Bertz CT molecular complexity index is 1540. The van der Waals surface area contributed by atoms with Crippen LogP contribution in [0.15, 0.2) is 65.4 Å². The first-order valence-corrected chi connectivity index (χ1v) is 16.4. The van der Waals surface area contributed by atoms with Gasteiger partial charge in [0, 0.05) is 44.4 Å². The van der Waals surface area contributed by atoms with Crippen molar-refractivity contribution in [3.05, 3.63) is 83.5 Å². The predicted molar refractivity (Wildman–Crippen MR) is 175 cm³/mol. The van der Waals surface area contributed by atoms with Crippen LogP contribution in [0, 0.1) is 5.92 Å². The topological polar surface area (TPSA) is 168 Å². The Morgan fingerprint density at radius 1 is 0.896 bits per heavy atom. The van der Waals surface area contributed by atoms with Crippen LogP contribution < -0.4 is 16.0 Å². The number of morpholine rings is 1. The van der Waals surface area contributed by atoms with E-state index in [9.17, 15) is 19.2 Å². The lowest BCUT2D eigenvalue weighted by Crippen LogP contribution is -2.57. The third-order valence-corrected chi connectivity index (χ3v) is 8.41. The van der Waals surface area contributed by atoms with Crippen molar-refractivity contribution in [3.8, 4) is 0 Å². The number of hydrogen-bond donors (Lipinski definition) is 3. The molecule has 5 rings (SSSR count). The van der Waals surface area contributed by atoms with Gasteiger partial charge < -0.3 is 29.9 Å². The van der Waals surface area contributed by atoms with Crippen molar-refractivity contribution in [2.24, 2.45) is 5.92 Å². The molecule has 0 spiro atoms. The third-order valence-electron chi connectivity index (χ3n) is 8.41. The number of benzene rings is 1. The maximum atomic E-state index is 14.0. The fraction of sp³-hybridized carbons (Fsp3) is 0.486. The highest BCUT2D eigenvalue weighted by molar-refractivity contribution is 5.99. The summed E-state index contributed by atoms with van der Waals surface area (Å²) in [7, 11) is 0. The largest absolute Gasteiger partial charge is 0.379 e. The number of ether oxygens (including phenoxy) is 2. The molecule has 4 atom stereocenters. The number of pyridine rings is 1. The second-order valence-corrected chi connectivity index (χ2v) is 13.0.